The topological polar surface area (TPSA) is 70.9 Å². The number of amides is 1. The first-order chi connectivity index (χ1) is 13.7. The monoisotopic (exact) mass is 374 g/mol. The number of hydrogen-bond acceptors (Lipinski definition) is 4. The van der Waals surface area contributed by atoms with Crippen molar-refractivity contribution in [3.63, 3.8) is 0 Å². The highest BCUT2D eigenvalue weighted by Crippen LogP contribution is 2.29. The Morgan fingerprint density at radius 2 is 1.50 bits per heavy atom. The summed E-state index contributed by atoms with van der Waals surface area (Å²) >= 11 is 0. The number of nitrogens with zero attached hydrogens (tertiary/aromatic N) is 1. The van der Waals surface area contributed by atoms with Gasteiger partial charge in [0.1, 0.15) is 5.75 Å². The molecule has 142 valence electrons. The normalized spacial score (nSPS) is 11.4. The van der Waals surface area contributed by atoms with Crippen LogP contribution in [0.1, 0.15) is 23.6 Å². The van der Waals surface area contributed by atoms with Crippen molar-refractivity contribution in [1.82, 2.24) is 5.43 Å². The van der Waals surface area contributed by atoms with Gasteiger partial charge in [0, 0.05) is 5.56 Å². The number of aliphatic hydroxyl groups is 1. The molecule has 5 heteroatoms. The van der Waals surface area contributed by atoms with Crippen LogP contribution in [0.2, 0.25) is 0 Å². The molecule has 28 heavy (non-hydrogen) atoms. The van der Waals surface area contributed by atoms with E-state index in [0.717, 1.165) is 5.56 Å². The maximum absolute atomic E-state index is 13.0. The number of carbonyl (C=O) groups excluding carboxylic acids is 1. The van der Waals surface area contributed by atoms with Gasteiger partial charge >= 0.3 is 0 Å². The Labute approximate surface area is 164 Å². The molecule has 0 saturated heterocycles. The van der Waals surface area contributed by atoms with E-state index < -0.39 is 11.5 Å². The van der Waals surface area contributed by atoms with Gasteiger partial charge < -0.3 is 9.84 Å². The highest BCUT2D eigenvalue weighted by atomic mass is 16.5. The molecule has 5 nitrogen and oxygen atoms in total. The number of ether oxygens (including phenoxy) is 1. The lowest BCUT2D eigenvalue weighted by atomic mass is 9.85. The average molecular weight is 374 g/mol. The summed E-state index contributed by atoms with van der Waals surface area (Å²) in [6.07, 6.45) is 1.50. The van der Waals surface area contributed by atoms with Gasteiger partial charge in [-0.15, -0.1) is 0 Å². The lowest BCUT2D eigenvalue weighted by molar-refractivity contribution is -0.136. The second-order valence-electron chi connectivity index (χ2n) is 6.11. The predicted octanol–water partition coefficient (Wildman–Crippen LogP) is 3.47. The van der Waals surface area contributed by atoms with Gasteiger partial charge in [0.2, 0.25) is 0 Å². The summed E-state index contributed by atoms with van der Waals surface area (Å²) in [6.45, 7) is 2.43. The van der Waals surface area contributed by atoms with E-state index in [9.17, 15) is 9.90 Å². The van der Waals surface area contributed by atoms with Crippen LogP contribution in [0.4, 0.5) is 0 Å². The van der Waals surface area contributed by atoms with Crippen LogP contribution in [-0.2, 0) is 10.4 Å². The number of benzene rings is 3. The Hall–Kier alpha value is -3.44. The minimum absolute atomic E-state index is 0.462. The number of rotatable bonds is 7. The molecule has 0 saturated carbocycles. The molecule has 0 fully saturated rings. The maximum Gasteiger partial charge on any atom is 0.281 e. The van der Waals surface area contributed by atoms with Crippen LogP contribution in [0.25, 0.3) is 0 Å². The fourth-order valence-electron chi connectivity index (χ4n) is 2.90. The van der Waals surface area contributed by atoms with Crippen LogP contribution in [0.5, 0.6) is 5.75 Å². The van der Waals surface area contributed by atoms with Crippen molar-refractivity contribution in [2.24, 2.45) is 5.10 Å². The fraction of sp³-hybridized carbons (Fsp3) is 0.130. The van der Waals surface area contributed by atoms with Crippen LogP contribution >= 0.6 is 0 Å². The van der Waals surface area contributed by atoms with Gasteiger partial charge in [0.15, 0.2) is 5.60 Å². The second kappa shape index (κ2) is 8.97. The maximum atomic E-state index is 13.0. The van der Waals surface area contributed by atoms with Crippen LogP contribution in [-0.4, -0.2) is 23.8 Å². The quantitative estimate of drug-likeness (QED) is 0.491. The molecule has 0 aliphatic heterocycles. The molecule has 2 N–H and O–H groups in total. The molecule has 0 aromatic heterocycles. The molecule has 3 rings (SSSR count). The summed E-state index contributed by atoms with van der Waals surface area (Å²) in [5, 5.41) is 15.4. The molecule has 1 amide bonds. The van der Waals surface area contributed by atoms with E-state index in [1.54, 1.807) is 48.5 Å². The Morgan fingerprint density at radius 1 is 0.964 bits per heavy atom. The third-order valence-electron chi connectivity index (χ3n) is 4.30. The minimum atomic E-state index is -1.86. The molecular weight excluding hydrogens is 352 g/mol. The minimum Gasteiger partial charge on any atom is -0.493 e. The van der Waals surface area contributed by atoms with Crippen molar-refractivity contribution in [3.05, 3.63) is 102 Å². The highest BCUT2D eigenvalue weighted by molar-refractivity contribution is 5.91. The Kier molecular flexibility index (Phi) is 6.19. The van der Waals surface area contributed by atoms with Crippen LogP contribution in [0.15, 0.2) is 90.0 Å². The third-order valence-corrected chi connectivity index (χ3v) is 4.30. The standard InChI is InChI=1S/C23H22N2O3/c1-2-28-21-16-10-9-11-18(21)17-24-25-22(26)23(27,19-12-5-3-6-13-19)20-14-7-4-8-15-20/h3-17,27H,2H2,1H3,(H,25,26). The van der Waals surface area contributed by atoms with E-state index in [1.165, 1.54) is 6.21 Å². The fourth-order valence-corrected chi connectivity index (χ4v) is 2.90. The van der Waals surface area contributed by atoms with Crippen molar-refractivity contribution in [2.75, 3.05) is 6.61 Å². The summed E-state index contributed by atoms with van der Waals surface area (Å²) in [4.78, 5) is 13.0. The predicted molar refractivity (Wildman–Crippen MR) is 109 cm³/mol. The van der Waals surface area contributed by atoms with Gasteiger partial charge in [-0.05, 0) is 30.2 Å². The third kappa shape index (κ3) is 4.10. The van der Waals surface area contributed by atoms with E-state index in [0.29, 0.717) is 23.5 Å². The highest BCUT2D eigenvalue weighted by Gasteiger charge is 2.39. The van der Waals surface area contributed by atoms with E-state index in [-0.39, 0.29) is 0 Å². The van der Waals surface area contributed by atoms with Crippen molar-refractivity contribution in [2.45, 2.75) is 12.5 Å². The van der Waals surface area contributed by atoms with Gasteiger partial charge in [-0.1, -0.05) is 72.8 Å². The Bertz CT molecular complexity index is 901. The van der Waals surface area contributed by atoms with E-state index in [4.69, 9.17) is 4.74 Å². The van der Waals surface area contributed by atoms with Crippen molar-refractivity contribution in [1.29, 1.82) is 0 Å². The zero-order valence-corrected chi connectivity index (χ0v) is 15.6. The molecule has 0 bridgehead atoms. The zero-order valence-electron chi connectivity index (χ0n) is 15.6. The lowest BCUT2D eigenvalue weighted by Gasteiger charge is -2.27. The van der Waals surface area contributed by atoms with Gasteiger partial charge in [0.05, 0.1) is 12.8 Å². The zero-order chi connectivity index (χ0) is 19.8. The van der Waals surface area contributed by atoms with Crippen LogP contribution in [0, 0.1) is 0 Å². The lowest BCUT2D eigenvalue weighted by Crippen LogP contribution is -2.43. The summed E-state index contributed by atoms with van der Waals surface area (Å²) in [5.41, 5.74) is 2.25. The summed E-state index contributed by atoms with van der Waals surface area (Å²) in [5.74, 6) is 0.0272. The molecule has 0 aliphatic carbocycles. The van der Waals surface area contributed by atoms with E-state index in [2.05, 4.69) is 10.5 Å². The van der Waals surface area contributed by atoms with E-state index in [1.807, 2.05) is 43.3 Å². The van der Waals surface area contributed by atoms with Crippen molar-refractivity contribution in [3.8, 4) is 5.75 Å². The first kappa shape index (κ1) is 19.3. The van der Waals surface area contributed by atoms with Crippen molar-refractivity contribution < 1.29 is 14.6 Å². The number of nitrogens with one attached hydrogen (secondary N) is 1. The van der Waals surface area contributed by atoms with Crippen molar-refractivity contribution >= 4 is 12.1 Å². The van der Waals surface area contributed by atoms with Crippen LogP contribution in [0.3, 0.4) is 0 Å². The molecule has 0 unspecified atom stereocenters. The van der Waals surface area contributed by atoms with Crippen LogP contribution < -0.4 is 10.2 Å². The number of para-hydroxylation sites is 1. The molecule has 0 radical (unpaired) electrons. The number of hydrogen-bond donors (Lipinski definition) is 2. The molecular formula is C23H22N2O3. The SMILES string of the molecule is CCOc1ccccc1C=NNC(=O)C(O)(c1ccccc1)c1ccccc1. The second-order valence-corrected chi connectivity index (χ2v) is 6.11. The average Bonchev–Trinajstić information content (AvgIpc) is 2.75. The molecule has 0 spiro atoms. The first-order valence-electron chi connectivity index (χ1n) is 9.05. The van der Waals surface area contributed by atoms with Gasteiger partial charge in [-0.3, -0.25) is 4.79 Å². The summed E-state index contributed by atoms with van der Waals surface area (Å²) in [6, 6.07) is 25.0. The molecule has 3 aromatic carbocycles. The first-order valence-corrected chi connectivity index (χ1v) is 9.05. The number of hydrazone groups is 1. The molecule has 3 aromatic rings. The van der Waals surface area contributed by atoms with Gasteiger partial charge in [-0.25, -0.2) is 5.43 Å². The van der Waals surface area contributed by atoms with Gasteiger partial charge in [-0.2, -0.15) is 5.10 Å². The molecule has 0 heterocycles. The molecule has 0 atom stereocenters. The summed E-state index contributed by atoms with van der Waals surface area (Å²) in [7, 11) is 0. The van der Waals surface area contributed by atoms with Gasteiger partial charge in [0.25, 0.3) is 5.91 Å². The smallest absolute Gasteiger partial charge is 0.281 e. The Balaban J connectivity index is 1.87. The molecule has 0 aliphatic rings. The van der Waals surface area contributed by atoms with E-state index >= 15 is 0 Å². The summed E-state index contributed by atoms with van der Waals surface area (Å²) < 4.78 is 5.55. The largest absolute Gasteiger partial charge is 0.493 e. The number of carbonyl (C=O) groups is 1. The Morgan fingerprint density at radius 3 is 2.07 bits per heavy atom.